The molecule has 20 heavy (non-hydrogen) atoms. The fourth-order valence-corrected chi connectivity index (χ4v) is 1.98. The van der Waals surface area contributed by atoms with E-state index in [0.717, 1.165) is 0 Å². The van der Waals surface area contributed by atoms with Crippen molar-refractivity contribution in [3.05, 3.63) is 45.7 Å². The number of halogens is 2. The summed E-state index contributed by atoms with van der Waals surface area (Å²) >= 11 is 8.99. The maximum absolute atomic E-state index is 12.0. The van der Waals surface area contributed by atoms with Crippen molar-refractivity contribution in [3.8, 4) is 11.5 Å². The van der Waals surface area contributed by atoms with E-state index < -0.39 is 0 Å². The number of pyridine rings is 1. The molecule has 0 spiro atoms. The van der Waals surface area contributed by atoms with Gasteiger partial charge in [0.2, 0.25) is 0 Å². The molecule has 0 saturated heterocycles. The molecule has 0 saturated carbocycles. The molecule has 0 unspecified atom stereocenters. The SMILES string of the molecule is COc1ccc(C(=O)Nc2cnc(Cl)c(Br)c2)cc1O. The Hall–Kier alpha value is -1.79. The van der Waals surface area contributed by atoms with Crippen LogP contribution in [0.2, 0.25) is 5.15 Å². The number of methoxy groups -OCH3 is 1. The van der Waals surface area contributed by atoms with Gasteiger partial charge in [0.25, 0.3) is 5.91 Å². The minimum atomic E-state index is -0.376. The van der Waals surface area contributed by atoms with Crippen LogP contribution in [-0.4, -0.2) is 23.1 Å². The van der Waals surface area contributed by atoms with Crippen LogP contribution in [0.5, 0.6) is 11.5 Å². The molecule has 0 atom stereocenters. The zero-order valence-electron chi connectivity index (χ0n) is 10.4. The summed E-state index contributed by atoms with van der Waals surface area (Å²) in [7, 11) is 1.44. The summed E-state index contributed by atoms with van der Waals surface area (Å²) in [4.78, 5) is 15.9. The van der Waals surface area contributed by atoms with Gasteiger partial charge in [-0.15, -0.1) is 0 Å². The lowest BCUT2D eigenvalue weighted by Crippen LogP contribution is -2.12. The number of anilines is 1. The first-order chi connectivity index (χ1) is 9.51. The maximum atomic E-state index is 12.0. The number of hydrogen-bond donors (Lipinski definition) is 2. The number of carbonyl (C=O) groups is 1. The van der Waals surface area contributed by atoms with Gasteiger partial charge < -0.3 is 15.2 Å². The van der Waals surface area contributed by atoms with Crippen LogP contribution in [0.4, 0.5) is 5.69 Å². The highest BCUT2D eigenvalue weighted by atomic mass is 79.9. The number of aromatic hydroxyl groups is 1. The normalized spacial score (nSPS) is 10.2. The molecule has 0 fully saturated rings. The second kappa shape index (κ2) is 6.11. The molecule has 2 N–H and O–H groups in total. The van der Waals surface area contributed by atoms with Crippen molar-refractivity contribution in [2.75, 3.05) is 12.4 Å². The summed E-state index contributed by atoms with van der Waals surface area (Å²) in [5.41, 5.74) is 0.788. The fraction of sp³-hybridized carbons (Fsp3) is 0.0769. The molecule has 0 bridgehead atoms. The highest BCUT2D eigenvalue weighted by Gasteiger charge is 2.11. The Kier molecular flexibility index (Phi) is 4.46. The number of nitrogens with one attached hydrogen (secondary N) is 1. The van der Waals surface area contributed by atoms with Crippen LogP contribution >= 0.6 is 27.5 Å². The number of rotatable bonds is 3. The highest BCUT2D eigenvalue weighted by molar-refractivity contribution is 9.10. The molecule has 104 valence electrons. The van der Waals surface area contributed by atoms with Gasteiger partial charge in [-0.3, -0.25) is 4.79 Å². The van der Waals surface area contributed by atoms with Crippen molar-refractivity contribution in [3.63, 3.8) is 0 Å². The average Bonchev–Trinajstić information content (AvgIpc) is 2.42. The van der Waals surface area contributed by atoms with Gasteiger partial charge in [-0.25, -0.2) is 4.98 Å². The van der Waals surface area contributed by atoms with Gasteiger partial charge in [0, 0.05) is 5.56 Å². The van der Waals surface area contributed by atoms with Crippen LogP contribution in [0, 0.1) is 0 Å². The Bertz CT molecular complexity index is 664. The van der Waals surface area contributed by atoms with Crippen molar-refractivity contribution in [1.29, 1.82) is 0 Å². The molecule has 0 aliphatic carbocycles. The van der Waals surface area contributed by atoms with Crippen molar-refractivity contribution in [1.82, 2.24) is 4.98 Å². The Balaban J connectivity index is 2.19. The summed E-state index contributed by atoms with van der Waals surface area (Å²) in [5, 5.41) is 12.6. The first kappa shape index (κ1) is 14.6. The lowest BCUT2D eigenvalue weighted by atomic mass is 10.2. The van der Waals surface area contributed by atoms with Crippen LogP contribution in [0.3, 0.4) is 0 Å². The number of carbonyl (C=O) groups excluding carboxylic acids is 1. The maximum Gasteiger partial charge on any atom is 0.255 e. The minimum Gasteiger partial charge on any atom is -0.504 e. The average molecular weight is 358 g/mol. The van der Waals surface area contributed by atoms with E-state index in [-0.39, 0.29) is 11.7 Å². The second-order valence-electron chi connectivity index (χ2n) is 3.84. The molecule has 2 rings (SSSR count). The number of phenols is 1. The van der Waals surface area contributed by atoms with Gasteiger partial charge >= 0.3 is 0 Å². The van der Waals surface area contributed by atoms with E-state index in [2.05, 4.69) is 26.2 Å². The van der Waals surface area contributed by atoms with E-state index in [1.54, 1.807) is 12.1 Å². The standard InChI is InChI=1S/C13H10BrClN2O3/c1-20-11-3-2-7(4-10(11)18)13(19)17-8-5-9(14)12(15)16-6-8/h2-6,18H,1H3,(H,17,19). The third-order valence-corrected chi connectivity index (χ3v) is 3.63. The zero-order chi connectivity index (χ0) is 14.7. The number of hydrogen-bond acceptors (Lipinski definition) is 4. The zero-order valence-corrected chi connectivity index (χ0v) is 12.7. The van der Waals surface area contributed by atoms with E-state index >= 15 is 0 Å². The summed E-state index contributed by atoms with van der Waals surface area (Å²) in [6.07, 6.45) is 1.44. The molecule has 0 aliphatic rings. The van der Waals surface area contributed by atoms with Crippen LogP contribution in [0.1, 0.15) is 10.4 Å². The van der Waals surface area contributed by atoms with Gasteiger partial charge in [-0.2, -0.15) is 0 Å². The predicted molar refractivity (Wildman–Crippen MR) is 79.6 cm³/mol. The van der Waals surface area contributed by atoms with E-state index in [4.69, 9.17) is 16.3 Å². The van der Waals surface area contributed by atoms with Gasteiger partial charge in [0.15, 0.2) is 11.5 Å². The number of phenolic OH excluding ortho intramolecular Hbond substituents is 1. The Morgan fingerprint density at radius 1 is 1.45 bits per heavy atom. The molecule has 0 radical (unpaired) electrons. The van der Waals surface area contributed by atoms with E-state index in [9.17, 15) is 9.90 Å². The number of amides is 1. The van der Waals surface area contributed by atoms with Crippen molar-refractivity contribution in [2.45, 2.75) is 0 Å². The first-order valence-electron chi connectivity index (χ1n) is 5.50. The molecule has 0 aliphatic heterocycles. The molecule has 5 nitrogen and oxygen atoms in total. The lowest BCUT2D eigenvalue weighted by molar-refractivity contribution is 0.102. The smallest absolute Gasteiger partial charge is 0.255 e. The predicted octanol–water partition coefficient (Wildman–Crippen LogP) is 3.46. The molecular weight excluding hydrogens is 348 g/mol. The molecule has 1 aromatic carbocycles. The number of ether oxygens (including phenoxy) is 1. The Morgan fingerprint density at radius 3 is 2.80 bits per heavy atom. The lowest BCUT2D eigenvalue weighted by Gasteiger charge is -2.08. The van der Waals surface area contributed by atoms with Crippen LogP contribution < -0.4 is 10.1 Å². The van der Waals surface area contributed by atoms with Gasteiger partial charge in [0.05, 0.1) is 23.5 Å². The molecule has 1 heterocycles. The highest BCUT2D eigenvalue weighted by Crippen LogP contribution is 2.27. The van der Waals surface area contributed by atoms with Crippen molar-refractivity contribution < 1.29 is 14.6 Å². The third kappa shape index (κ3) is 3.20. The largest absolute Gasteiger partial charge is 0.504 e. The van der Waals surface area contributed by atoms with Gasteiger partial charge in [0.1, 0.15) is 5.15 Å². The Morgan fingerprint density at radius 2 is 2.20 bits per heavy atom. The fourth-order valence-electron chi connectivity index (χ4n) is 1.52. The summed E-state index contributed by atoms with van der Waals surface area (Å²) in [6.45, 7) is 0. The summed E-state index contributed by atoms with van der Waals surface area (Å²) < 4.78 is 5.49. The molecule has 1 aromatic heterocycles. The monoisotopic (exact) mass is 356 g/mol. The minimum absolute atomic E-state index is 0.101. The Labute approximate surface area is 128 Å². The molecular formula is C13H10BrClN2O3. The number of aromatic nitrogens is 1. The molecule has 7 heteroatoms. The number of benzene rings is 1. The van der Waals surface area contributed by atoms with E-state index in [0.29, 0.717) is 26.6 Å². The third-order valence-electron chi connectivity index (χ3n) is 2.50. The van der Waals surface area contributed by atoms with Crippen LogP contribution in [0.25, 0.3) is 0 Å². The van der Waals surface area contributed by atoms with Gasteiger partial charge in [-0.05, 0) is 40.2 Å². The van der Waals surface area contributed by atoms with Crippen LogP contribution in [-0.2, 0) is 0 Å². The summed E-state index contributed by atoms with van der Waals surface area (Å²) in [6, 6.07) is 6.02. The van der Waals surface area contributed by atoms with Crippen LogP contribution in [0.15, 0.2) is 34.9 Å². The van der Waals surface area contributed by atoms with Crippen molar-refractivity contribution >= 4 is 39.1 Å². The van der Waals surface area contributed by atoms with E-state index in [1.807, 2.05) is 0 Å². The first-order valence-corrected chi connectivity index (χ1v) is 6.67. The summed E-state index contributed by atoms with van der Waals surface area (Å²) in [5.74, 6) is -0.174. The molecule has 2 aromatic rings. The number of nitrogens with zero attached hydrogens (tertiary/aromatic N) is 1. The topological polar surface area (TPSA) is 71.5 Å². The van der Waals surface area contributed by atoms with Crippen molar-refractivity contribution in [2.24, 2.45) is 0 Å². The van der Waals surface area contributed by atoms with E-state index in [1.165, 1.54) is 25.4 Å². The molecule has 1 amide bonds. The quantitative estimate of drug-likeness (QED) is 0.825. The second-order valence-corrected chi connectivity index (χ2v) is 5.05. The van der Waals surface area contributed by atoms with Gasteiger partial charge in [-0.1, -0.05) is 11.6 Å².